The first-order valence-corrected chi connectivity index (χ1v) is 20.6. The first-order valence-electron chi connectivity index (χ1n) is 19.2. The molecular weight excluding hydrogens is 719 g/mol. The van der Waals surface area contributed by atoms with E-state index in [1.807, 2.05) is 20.1 Å². The largest absolute Gasteiger partial charge is 0.394 e. The number of unbranched alkanes of at least 4 members (excludes halogenated alkanes) is 1. The SMILES string of the molecule is CSCC[C@H](NC(=O)[C@H](C)NC(=O)[C@H](CCCCN)NC(=O)[C@H](CC1CCCCC1)NC(C)=O)C(=O)N[C@@H](C)C(=O)N[C@@H](CO)C(=O)N[C@H](N)CC(C)C. The van der Waals surface area contributed by atoms with Crippen molar-refractivity contribution in [1.29, 1.82) is 0 Å². The van der Waals surface area contributed by atoms with Gasteiger partial charge in [0.25, 0.3) is 0 Å². The van der Waals surface area contributed by atoms with Crippen LogP contribution >= 0.6 is 11.8 Å². The van der Waals surface area contributed by atoms with Crippen molar-refractivity contribution in [2.24, 2.45) is 23.3 Å². The molecule has 310 valence electrons. The van der Waals surface area contributed by atoms with Crippen LogP contribution in [0.5, 0.6) is 0 Å². The summed E-state index contributed by atoms with van der Waals surface area (Å²) in [4.78, 5) is 91.0. The lowest BCUT2D eigenvalue weighted by Gasteiger charge is -2.28. The molecule has 1 aliphatic carbocycles. The van der Waals surface area contributed by atoms with Crippen molar-refractivity contribution in [1.82, 2.24) is 37.2 Å². The number of aliphatic hydroxyl groups excluding tert-OH is 1. The first-order chi connectivity index (χ1) is 25.5. The topological polar surface area (TPSA) is 276 Å². The van der Waals surface area contributed by atoms with Gasteiger partial charge in [-0.25, -0.2) is 0 Å². The number of amides is 7. The Kier molecular flexibility index (Phi) is 23.7. The van der Waals surface area contributed by atoms with Crippen LogP contribution in [0.3, 0.4) is 0 Å². The number of aliphatic hydroxyl groups is 1. The van der Waals surface area contributed by atoms with Crippen molar-refractivity contribution in [2.45, 2.75) is 148 Å². The summed E-state index contributed by atoms with van der Waals surface area (Å²) < 4.78 is 0. The molecular formula is C36H67N9O8S. The molecule has 0 aromatic rings. The highest BCUT2D eigenvalue weighted by Crippen LogP contribution is 2.27. The Balaban J connectivity index is 2.94. The summed E-state index contributed by atoms with van der Waals surface area (Å²) in [5.41, 5.74) is 11.6. The molecule has 0 bridgehead atoms. The summed E-state index contributed by atoms with van der Waals surface area (Å²) in [6, 6.07) is -6.46. The third-order valence-corrected chi connectivity index (χ3v) is 9.83. The highest BCUT2D eigenvalue weighted by Gasteiger charge is 2.32. The number of nitrogens with one attached hydrogen (secondary N) is 7. The van der Waals surface area contributed by atoms with Gasteiger partial charge in [0.05, 0.1) is 12.8 Å². The second-order valence-corrected chi connectivity index (χ2v) is 15.6. The Morgan fingerprint density at radius 2 is 1.17 bits per heavy atom. The molecule has 0 heterocycles. The van der Waals surface area contributed by atoms with E-state index in [4.69, 9.17) is 11.5 Å². The monoisotopic (exact) mass is 785 g/mol. The average Bonchev–Trinajstić information content (AvgIpc) is 3.10. The summed E-state index contributed by atoms with van der Waals surface area (Å²) >= 11 is 1.44. The fraction of sp³-hybridized carbons (Fsp3) is 0.806. The maximum atomic E-state index is 13.5. The van der Waals surface area contributed by atoms with Gasteiger partial charge in [0.2, 0.25) is 41.4 Å². The van der Waals surface area contributed by atoms with E-state index >= 15 is 0 Å². The normalized spacial score (nSPS) is 17.1. The van der Waals surface area contributed by atoms with Gasteiger partial charge in [-0.2, -0.15) is 11.8 Å². The summed E-state index contributed by atoms with van der Waals surface area (Å²) in [7, 11) is 0. The van der Waals surface area contributed by atoms with Gasteiger partial charge in [-0.05, 0) is 82.8 Å². The summed E-state index contributed by atoms with van der Waals surface area (Å²) in [5, 5.41) is 28.0. The van der Waals surface area contributed by atoms with Crippen LogP contribution < -0.4 is 48.7 Å². The maximum Gasteiger partial charge on any atom is 0.246 e. The summed E-state index contributed by atoms with van der Waals surface area (Å²) in [6.45, 7) is 7.74. The minimum absolute atomic E-state index is 0.201. The van der Waals surface area contributed by atoms with Crippen molar-refractivity contribution in [2.75, 3.05) is 25.2 Å². The van der Waals surface area contributed by atoms with E-state index in [1.165, 1.54) is 32.5 Å². The molecule has 7 atom stereocenters. The predicted octanol–water partition coefficient (Wildman–Crippen LogP) is -0.753. The molecule has 0 aromatic carbocycles. The van der Waals surface area contributed by atoms with Gasteiger partial charge in [-0.15, -0.1) is 0 Å². The van der Waals surface area contributed by atoms with E-state index in [-0.39, 0.29) is 30.6 Å². The van der Waals surface area contributed by atoms with Crippen molar-refractivity contribution >= 4 is 53.1 Å². The van der Waals surface area contributed by atoms with Crippen LogP contribution in [0.1, 0.15) is 105 Å². The van der Waals surface area contributed by atoms with Gasteiger partial charge in [0.1, 0.15) is 36.3 Å². The Morgan fingerprint density at radius 1 is 0.667 bits per heavy atom. The van der Waals surface area contributed by atoms with Gasteiger partial charge in [-0.1, -0.05) is 46.0 Å². The third-order valence-electron chi connectivity index (χ3n) is 9.18. The van der Waals surface area contributed by atoms with Gasteiger partial charge in [-0.3, -0.25) is 33.6 Å². The third kappa shape index (κ3) is 19.2. The highest BCUT2D eigenvalue weighted by molar-refractivity contribution is 7.98. The number of hydrogen-bond donors (Lipinski definition) is 10. The van der Waals surface area contributed by atoms with Crippen LogP contribution in [0.4, 0.5) is 0 Å². The molecule has 54 heavy (non-hydrogen) atoms. The lowest BCUT2D eigenvalue weighted by atomic mass is 9.84. The van der Waals surface area contributed by atoms with Gasteiger partial charge < -0.3 is 53.8 Å². The summed E-state index contributed by atoms with van der Waals surface area (Å²) in [5.74, 6) is -3.22. The molecule has 1 fully saturated rings. The van der Waals surface area contributed by atoms with E-state index < -0.39 is 84.5 Å². The fourth-order valence-corrected chi connectivity index (χ4v) is 6.64. The molecule has 12 N–H and O–H groups in total. The highest BCUT2D eigenvalue weighted by atomic mass is 32.2. The molecule has 0 aliphatic heterocycles. The minimum Gasteiger partial charge on any atom is -0.394 e. The van der Waals surface area contributed by atoms with Crippen molar-refractivity contribution < 1.29 is 38.7 Å². The number of hydrogen-bond acceptors (Lipinski definition) is 11. The van der Waals surface area contributed by atoms with Crippen LogP contribution in [0.15, 0.2) is 0 Å². The zero-order valence-corrected chi connectivity index (χ0v) is 33.8. The van der Waals surface area contributed by atoms with Crippen LogP contribution in [0.2, 0.25) is 0 Å². The smallest absolute Gasteiger partial charge is 0.246 e. The molecule has 7 amide bonds. The molecule has 1 aliphatic rings. The molecule has 18 heteroatoms. The number of carbonyl (C=O) groups excluding carboxylic acids is 7. The second kappa shape index (κ2) is 26.3. The lowest BCUT2D eigenvalue weighted by Crippen LogP contribution is -2.59. The molecule has 17 nitrogen and oxygen atoms in total. The quantitative estimate of drug-likeness (QED) is 0.0406. The van der Waals surface area contributed by atoms with E-state index in [0.717, 1.165) is 32.1 Å². The summed E-state index contributed by atoms with van der Waals surface area (Å²) in [6.07, 6.45) is 8.91. The van der Waals surface area contributed by atoms with E-state index in [0.29, 0.717) is 38.0 Å². The molecule has 0 spiro atoms. The average molecular weight is 786 g/mol. The van der Waals surface area contributed by atoms with Crippen molar-refractivity contribution in [3.63, 3.8) is 0 Å². The Labute approximate surface area is 324 Å². The second-order valence-electron chi connectivity index (χ2n) is 14.6. The fourth-order valence-electron chi connectivity index (χ4n) is 6.17. The molecule has 0 unspecified atom stereocenters. The van der Waals surface area contributed by atoms with Crippen LogP contribution in [0.25, 0.3) is 0 Å². The van der Waals surface area contributed by atoms with Crippen molar-refractivity contribution in [3.05, 3.63) is 0 Å². The number of rotatable bonds is 25. The van der Waals surface area contributed by atoms with Crippen molar-refractivity contribution in [3.8, 4) is 0 Å². The zero-order chi connectivity index (χ0) is 40.8. The van der Waals surface area contributed by atoms with Gasteiger partial charge in [0, 0.05) is 6.92 Å². The minimum atomic E-state index is -1.30. The number of carbonyl (C=O) groups is 7. The Hall–Kier alpha value is -3.48. The number of thioether (sulfide) groups is 1. The lowest BCUT2D eigenvalue weighted by molar-refractivity contribution is -0.135. The van der Waals surface area contributed by atoms with Crippen LogP contribution in [0, 0.1) is 11.8 Å². The number of nitrogens with two attached hydrogens (primary N) is 2. The molecule has 0 aromatic heterocycles. The van der Waals surface area contributed by atoms with Crippen LogP contribution in [-0.4, -0.2) is 114 Å². The molecule has 0 saturated heterocycles. The standard InChI is InChI=1S/C36H67N9O8S/c1-21(2)18-30(38)45-36(53)29(20-46)44-32(49)23(4)40-34(51)27(15-17-54-6)42-31(48)22(3)39-33(50)26(14-10-11-16-37)43-35(52)28(41-24(5)47)19-25-12-8-7-9-13-25/h21-23,25-30,46H,7-20,37-38H2,1-6H3,(H,39,50)(H,40,51)(H,41,47)(H,42,48)(H,43,52)(H,44,49)(H,45,53)/t22-,23-,26-,27-,28-,29-,30-/m0/s1. The van der Waals surface area contributed by atoms with Gasteiger partial charge in [0.15, 0.2) is 0 Å². The zero-order valence-electron chi connectivity index (χ0n) is 33.0. The predicted molar refractivity (Wildman–Crippen MR) is 208 cm³/mol. The van der Waals surface area contributed by atoms with Gasteiger partial charge >= 0.3 is 0 Å². The molecule has 0 radical (unpaired) electrons. The van der Waals surface area contributed by atoms with E-state index in [1.54, 1.807) is 0 Å². The molecule has 1 saturated carbocycles. The maximum absolute atomic E-state index is 13.5. The van der Waals surface area contributed by atoms with E-state index in [9.17, 15) is 38.7 Å². The Morgan fingerprint density at radius 3 is 1.67 bits per heavy atom. The van der Waals surface area contributed by atoms with Crippen LogP contribution in [-0.2, 0) is 33.6 Å². The van der Waals surface area contributed by atoms with E-state index in [2.05, 4.69) is 37.2 Å². The first kappa shape index (κ1) is 48.5. The molecule has 1 rings (SSSR count). The Bertz CT molecular complexity index is 1220.